The number of nitrogens with zero attached hydrogens (tertiary/aromatic N) is 2. The van der Waals surface area contributed by atoms with Gasteiger partial charge in [0, 0.05) is 17.0 Å². The first-order valence-corrected chi connectivity index (χ1v) is 9.83. The maximum absolute atomic E-state index is 12.6. The number of fused-ring (bicyclic) bond motifs is 1. The van der Waals surface area contributed by atoms with Gasteiger partial charge in [0.1, 0.15) is 28.0 Å². The fourth-order valence-corrected chi connectivity index (χ4v) is 3.62. The second kappa shape index (κ2) is 8.77. The number of aromatic nitrogens is 1. The zero-order chi connectivity index (χ0) is 21.8. The lowest BCUT2D eigenvalue weighted by atomic mass is 10.1. The highest BCUT2D eigenvalue weighted by atomic mass is 32.1. The Morgan fingerprint density at radius 3 is 2.81 bits per heavy atom. The number of thiazole rings is 1. The fraction of sp³-hybridized carbons (Fsp3) is 0.0455. The van der Waals surface area contributed by atoms with Crippen LogP contribution < -0.4 is 15.7 Å². The number of ether oxygens (including phenoxy) is 1. The van der Waals surface area contributed by atoms with Crippen molar-refractivity contribution in [3.8, 4) is 23.1 Å². The van der Waals surface area contributed by atoms with Crippen LogP contribution in [0.3, 0.4) is 0 Å². The van der Waals surface area contributed by atoms with Gasteiger partial charge in [0.2, 0.25) is 0 Å². The van der Waals surface area contributed by atoms with E-state index in [9.17, 15) is 18.8 Å². The average molecular weight is 437 g/mol. The highest BCUT2D eigenvalue weighted by Crippen LogP contribution is 2.28. The average Bonchev–Trinajstić information content (AvgIpc) is 3.24. The van der Waals surface area contributed by atoms with Crippen LogP contribution in [0.4, 0.5) is 14.5 Å². The van der Waals surface area contributed by atoms with Gasteiger partial charge in [0.05, 0.1) is 16.9 Å². The fourth-order valence-electron chi connectivity index (χ4n) is 2.84. The molecule has 0 spiro atoms. The monoisotopic (exact) mass is 437 g/mol. The van der Waals surface area contributed by atoms with Crippen LogP contribution in [0.2, 0.25) is 0 Å². The minimum absolute atomic E-state index is 0.0559. The van der Waals surface area contributed by atoms with Gasteiger partial charge in [-0.1, -0.05) is 30.3 Å². The van der Waals surface area contributed by atoms with Crippen LogP contribution in [-0.4, -0.2) is 11.6 Å². The Hall–Kier alpha value is -4.03. The lowest BCUT2D eigenvalue weighted by Crippen LogP contribution is -2.04. The first-order chi connectivity index (χ1) is 15.0. The molecule has 1 N–H and O–H groups in total. The molecule has 0 aliphatic carbocycles. The lowest BCUT2D eigenvalue weighted by Gasteiger charge is -2.10. The summed E-state index contributed by atoms with van der Waals surface area (Å²) in [6, 6.07) is 16.9. The van der Waals surface area contributed by atoms with Crippen molar-refractivity contribution in [1.82, 2.24) is 4.98 Å². The van der Waals surface area contributed by atoms with E-state index in [0.717, 1.165) is 5.39 Å². The van der Waals surface area contributed by atoms with Crippen molar-refractivity contribution < 1.29 is 17.9 Å². The quantitative estimate of drug-likeness (QED) is 0.317. The summed E-state index contributed by atoms with van der Waals surface area (Å²) in [6.07, 6.45) is 1.35. The van der Waals surface area contributed by atoms with Gasteiger partial charge < -0.3 is 14.5 Å². The SMILES string of the molecule is N#CC(=CNc1ccccc1OC(F)F)c1nc(-c2cc3ccccc3oc2=O)cs1. The van der Waals surface area contributed by atoms with Crippen molar-refractivity contribution in [1.29, 1.82) is 5.26 Å². The molecule has 2 aromatic heterocycles. The third kappa shape index (κ3) is 4.44. The summed E-state index contributed by atoms with van der Waals surface area (Å²) < 4.78 is 34.9. The number of halogens is 2. The van der Waals surface area contributed by atoms with Crippen molar-refractivity contribution in [2.75, 3.05) is 5.32 Å². The number of para-hydroxylation sites is 3. The molecule has 0 aliphatic heterocycles. The van der Waals surface area contributed by atoms with Crippen molar-refractivity contribution in [2.45, 2.75) is 6.61 Å². The van der Waals surface area contributed by atoms with Crippen LogP contribution in [-0.2, 0) is 0 Å². The largest absolute Gasteiger partial charge is 0.433 e. The molecule has 0 fully saturated rings. The number of anilines is 1. The molecular formula is C22H13F2N3O3S. The summed E-state index contributed by atoms with van der Waals surface area (Å²) in [6.45, 7) is -2.97. The Balaban J connectivity index is 1.63. The number of nitrogens with one attached hydrogen (secondary N) is 1. The van der Waals surface area contributed by atoms with Gasteiger partial charge in [-0.2, -0.15) is 14.0 Å². The van der Waals surface area contributed by atoms with E-state index < -0.39 is 12.2 Å². The molecule has 2 aromatic carbocycles. The first-order valence-electron chi connectivity index (χ1n) is 8.95. The van der Waals surface area contributed by atoms with Crippen molar-refractivity contribution in [3.63, 3.8) is 0 Å². The summed E-state index contributed by atoms with van der Waals surface area (Å²) >= 11 is 1.17. The Labute approximate surface area is 178 Å². The van der Waals surface area contributed by atoms with Crippen LogP contribution in [0.1, 0.15) is 5.01 Å². The minimum Gasteiger partial charge on any atom is -0.433 e. The summed E-state index contributed by atoms with van der Waals surface area (Å²) in [5.74, 6) is -0.0559. The molecule has 6 nitrogen and oxygen atoms in total. The van der Waals surface area contributed by atoms with E-state index in [0.29, 0.717) is 16.3 Å². The van der Waals surface area contributed by atoms with E-state index in [1.165, 1.54) is 29.7 Å². The number of rotatable bonds is 6. The van der Waals surface area contributed by atoms with Crippen molar-refractivity contribution >= 4 is 33.6 Å². The number of alkyl halides is 2. The molecule has 4 aromatic rings. The van der Waals surface area contributed by atoms with Crippen molar-refractivity contribution in [3.05, 3.63) is 81.6 Å². The molecular weight excluding hydrogens is 424 g/mol. The second-order valence-corrected chi connectivity index (χ2v) is 7.07. The maximum atomic E-state index is 12.6. The highest BCUT2D eigenvalue weighted by Gasteiger charge is 2.14. The standard InChI is InChI=1S/C22H13F2N3O3S/c23-22(24)30-19-8-4-2-6-16(19)26-11-14(10-25)20-27-17(12-31-20)15-9-13-5-1-3-7-18(13)29-21(15)28/h1-9,11-12,22,26H. The van der Waals surface area contributed by atoms with E-state index in [1.54, 1.807) is 35.7 Å². The van der Waals surface area contributed by atoms with Gasteiger partial charge in [0.15, 0.2) is 0 Å². The van der Waals surface area contributed by atoms with Gasteiger partial charge in [-0.3, -0.25) is 0 Å². The summed E-state index contributed by atoms with van der Waals surface area (Å²) in [4.78, 5) is 16.7. The molecule has 0 unspecified atom stereocenters. The van der Waals surface area contributed by atoms with Gasteiger partial charge in [0.25, 0.3) is 0 Å². The normalized spacial score (nSPS) is 11.5. The zero-order valence-corrected chi connectivity index (χ0v) is 16.5. The molecule has 4 rings (SSSR count). The zero-order valence-electron chi connectivity index (χ0n) is 15.7. The van der Waals surface area contributed by atoms with E-state index in [2.05, 4.69) is 15.0 Å². The van der Waals surface area contributed by atoms with Crippen LogP contribution in [0.5, 0.6) is 5.75 Å². The van der Waals surface area contributed by atoms with Gasteiger partial charge in [-0.15, -0.1) is 11.3 Å². The molecule has 0 radical (unpaired) electrons. The molecule has 0 atom stereocenters. The Morgan fingerprint density at radius 1 is 1.23 bits per heavy atom. The van der Waals surface area contributed by atoms with Crippen LogP contribution in [0, 0.1) is 11.3 Å². The number of hydrogen-bond donors (Lipinski definition) is 1. The highest BCUT2D eigenvalue weighted by molar-refractivity contribution is 7.11. The third-order valence-corrected chi connectivity index (χ3v) is 5.12. The van der Waals surface area contributed by atoms with Crippen molar-refractivity contribution in [2.24, 2.45) is 0 Å². The predicted molar refractivity (Wildman–Crippen MR) is 114 cm³/mol. The molecule has 9 heteroatoms. The van der Waals surface area contributed by atoms with E-state index in [1.807, 2.05) is 18.2 Å². The smallest absolute Gasteiger partial charge is 0.387 e. The third-order valence-electron chi connectivity index (χ3n) is 4.25. The summed E-state index contributed by atoms with van der Waals surface area (Å²) in [7, 11) is 0. The first kappa shape index (κ1) is 20.3. The molecule has 31 heavy (non-hydrogen) atoms. The van der Waals surface area contributed by atoms with E-state index >= 15 is 0 Å². The molecule has 154 valence electrons. The van der Waals surface area contributed by atoms with Crippen LogP contribution in [0.25, 0.3) is 27.8 Å². The number of allylic oxidation sites excluding steroid dienone is 1. The molecule has 0 amide bonds. The Morgan fingerprint density at radius 2 is 2.00 bits per heavy atom. The number of hydrogen-bond acceptors (Lipinski definition) is 7. The number of benzene rings is 2. The molecule has 0 saturated heterocycles. The summed E-state index contributed by atoms with van der Waals surface area (Å²) in [5.41, 5.74) is 1.02. The topological polar surface area (TPSA) is 88.2 Å². The minimum atomic E-state index is -2.97. The molecule has 0 saturated carbocycles. The molecule has 2 heterocycles. The Kier molecular flexibility index (Phi) is 5.73. The van der Waals surface area contributed by atoms with Gasteiger partial charge in [-0.05, 0) is 24.3 Å². The molecule has 0 aliphatic rings. The van der Waals surface area contributed by atoms with E-state index in [-0.39, 0.29) is 22.6 Å². The van der Waals surface area contributed by atoms with E-state index in [4.69, 9.17) is 4.42 Å². The predicted octanol–water partition coefficient (Wildman–Crippen LogP) is 5.49. The summed E-state index contributed by atoms with van der Waals surface area (Å²) in [5, 5.41) is 15.1. The van der Waals surface area contributed by atoms with Crippen LogP contribution in [0.15, 0.2) is 75.4 Å². The number of nitriles is 1. The van der Waals surface area contributed by atoms with Gasteiger partial charge >= 0.3 is 12.2 Å². The lowest BCUT2D eigenvalue weighted by molar-refractivity contribution is -0.0493. The Bertz CT molecular complexity index is 1370. The maximum Gasteiger partial charge on any atom is 0.387 e. The van der Waals surface area contributed by atoms with Crippen LogP contribution >= 0.6 is 11.3 Å². The van der Waals surface area contributed by atoms with Gasteiger partial charge in [-0.25, -0.2) is 9.78 Å². The second-order valence-electron chi connectivity index (χ2n) is 6.21. The molecule has 0 bridgehead atoms.